The predicted molar refractivity (Wildman–Crippen MR) is 114 cm³/mol. The highest BCUT2D eigenvalue weighted by molar-refractivity contribution is 7.12. The number of benzene rings is 2. The van der Waals surface area contributed by atoms with Gasteiger partial charge in [0.1, 0.15) is 11.6 Å². The van der Waals surface area contributed by atoms with Crippen LogP contribution in [0.1, 0.15) is 27.2 Å². The molecule has 0 bridgehead atoms. The first kappa shape index (κ1) is 20.1. The Balaban J connectivity index is 1.48. The Labute approximate surface area is 178 Å². The summed E-state index contributed by atoms with van der Waals surface area (Å²) >= 11 is 1.41. The number of rotatable bonds is 7. The number of hydrogen-bond acceptors (Lipinski definition) is 5. The monoisotopic (exact) mass is 424 g/mol. The van der Waals surface area contributed by atoms with E-state index in [1.807, 2.05) is 41.8 Å². The zero-order valence-electron chi connectivity index (χ0n) is 16.5. The number of ether oxygens (including phenoxy) is 1. The Hall–Kier alpha value is -3.19. The summed E-state index contributed by atoms with van der Waals surface area (Å²) in [4.78, 5) is 21.2. The second-order valence-electron chi connectivity index (χ2n) is 6.99. The fourth-order valence-corrected chi connectivity index (χ4v) is 4.04. The fraction of sp³-hybridized carbons (Fsp3) is 0.217. The molecule has 4 rings (SSSR count). The first-order chi connectivity index (χ1) is 14.6. The average Bonchev–Trinajstić information content (AvgIpc) is 3.46. The van der Waals surface area contributed by atoms with Gasteiger partial charge in [0.2, 0.25) is 0 Å². The van der Waals surface area contributed by atoms with E-state index >= 15 is 0 Å². The van der Waals surface area contributed by atoms with Crippen LogP contribution in [0.4, 0.5) is 4.39 Å². The SMILES string of the molecule is COc1cccc(CN(CC2CC(c3ccc(F)cc3)=NO2)C(=O)c2cccs2)c1. The average molecular weight is 424 g/mol. The van der Waals surface area contributed by atoms with E-state index in [9.17, 15) is 9.18 Å². The topological polar surface area (TPSA) is 51.1 Å². The molecule has 1 amide bonds. The van der Waals surface area contributed by atoms with Gasteiger partial charge in [0.25, 0.3) is 5.91 Å². The highest BCUT2D eigenvalue weighted by Gasteiger charge is 2.28. The van der Waals surface area contributed by atoms with E-state index in [1.165, 1.54) is 23.5 Å². The minimum atomic E-state index is -0.291. The van der Waals surface area contributed by atoms with Crippen molar-refractivity contribution in [2.45, 2.75) is 19.1 Å². The predicted octanol–water partition coefficient (Wildman–Crippen LogP) is 4.73. The maximum Gasteiger partial charge on any atom is 0.264 e. The first-order valence-corrected chi connectivity index (χ1v) is 10.4. The molecule has 2 aromatic carbocycles. The van der Waals surface area contributed by atoms with Gasteiger partial charge in [0, 0.05) is 13.0 Å². The molecule has 0 spiro atoms. The number of methoxy groups -OCH3 is 1. The standard InChI is InChI=1S/C23H21FN2O3S/c1-28-19-5-2-4-16(12-19)14-26(23(27)22-6-3-11-30-22)15-20-13-21(25-29-20)17-7-9-18(24)10-8-17/h2-12,20H,13-15H2,1H3. The quantitative estimate of drug-likeness (QED) is 0.551. The number of thiophene rings is 1. The van der Waals surface area contributed by atoms with Gasteiger partial charge in [-0.15, -0.1) is 11.3 Å². The van der Waals surface area contributed by atoms with Gasteiger partial charge in [-0.2, -0.15) is 0 Å². The van der Waals surface area contributed by atoms with E-state index in [0.29, 0.717) is 24.4 Å². The van der Waals surface area contributed by atoms with Gasteiger partial charge < -0.3 is 14.5 Å². The third-order valence-corrected chi connectivity index (χ3v) is 5.72. The number of hydrogen-bond donors (Lipinski definition) is 0. The van der Waals surface area contributed by atoms with Crippen LogP contribution >= 0.6 is 11.3 Å². The van der Waals surface area contributed by atoms with Crippen molar-refractivity contribution in [3.05, 3.63) is 87.9 Å². The number of oxime groups is 1. The van der Waals surface area contributed by atoms with Crippen molar-refractivity contribution < 1.29 is 18.8 Å². The van der Waals surface area contributed by atoms with Crippen LogP contribution in [-0.2, 0) is 11.4 Å². The van der Waals surface area contributed by atoms with Gasteiger partial charge in [-0.05, 0) is 46.8 Å². The summed E-state index contributed by atoms with van der Waals surface area (Å²) < 4.78 is 18.5. The van der Waals surface area contributed by atoms with Crippen LogP contribution in [0.5, 0.6) is 5.75 Å². The molecule has 1 aliphatic rings. The van der Waals surface area contributed by atoms with Crippen LogP contribution in [0.2, 0.25) is 0 Å². The lowest BCUT2D eigenvalue weighted by atomic mass is 10.0. The third kappa shape index (κ3) is 4.68. The molecule has 154 valence electrons. The normalized spacial score (nSPS) is 15.4. The lowest BCUT2D eigenvalue weighted by molar-refractivity contribution is 0.0408. The van der Waals surface area contributed by atoms with Gasteiger partial charge in [-0.1, -0.05) is 35.5 Å². The largest absolute Gasteiger partial charge is 0.497 e. The molecule has 0 radical (unpaired) electrons. The molecule has 0 saturated heterocycles. The Kier molecular flexibility index (Phi) is 6.09. The van der Waals surface area contributed by atoms with Gasteiger partial charge in [0.15, 0.2) is 6.10 Å². The van der Waals surface area contributed by atoms with Gasteiger partial charge in [-0.25, -0.2) is 4.39 Å². The molecule has 0 saturated carbocycles. The summed E-state index contributed by atoms with van der Waals surface area (Å²) in [6, 6.07) is 17.5. The minimum absolute atomic E-state index is 0.0494. The molecular weight excluding hydrogens is 403 g/mol. The molecule has 0 N–H and O–H groups in total. The minimum Gasteiger partial charge on any atom is -0.497 e. The highest BCUT2D eigenvalue weighted by Crippen LogP contribution is 2.22. The molecule has 0 aliphatic carbocycles. The molecule has 30 heavy (non-hydrogen) atoms. The van der Waals surface area contributed by atoms with Gasteiger partial charge in [0.05, 0.1) is 24.2 Å². The maximum absolute atomic E-state index is 13.2. The number of amides is 1. The van der Waals surface area contributed by atoms with Gasteiger partial charge >= 0.3 is 0 Å². The van der Waals surface area contributed by atoms with E-state index in [4.69, 9.17) is 9.57 Å². The molecule has 7 heteroatoms. The van der Waals surface area contributed by atoms with Crippen LogP contribution in [0.25, 0.3) is 0 Å². The lowest BCUT2D eigenvalue weighted by Gasteiger charge is -2.24. The van der Waals surface area contributed by atoms with Crippen molar-refractivity contribution in [1.29, 1.82) is 0 Å². The molecule has 1 unspecified atom stereocenters. The molecule has 1 aromatic heterocycles. The Morgan fingerprint density at radius 1 is 1.23 bits per heavy atom. The summed E-state index contributed by atoms with van der Waals surface area (Å²) in [5.41, 5.74) is 2.55. The van der Waals surface area contributed by atoms with Crippen molar-refractivity contribution in [1.82, 2.24) is 4.90 Å². The van der Waals surface area contributed by atoms with Crippen LogP contribution in [0.15, 0.2) is 71.2 Å². The molecule has 1 atom stereocenters. The van der Waals surface area contributed by atoms with Crippen LogP contribution in [-0.4, -0.2) is 36.3 Å². The van der Waals surface area contributed by atoms with E-state index in [2.05, 4.69) is 5.16 Å². The van der Waals surface area contributed by atoms with Crippen LogP contribution in [0.3, 0.4) is 0 Å². The number of carbonyl (C=O) groups excluding carboxylic acids is 1. The number of halogens is 1. The summed E-state index contributed by atoms with van der Waals surface area (Å²) in [6.07, 6.45) is 0.289. The molecule has 3 aromatic rings. The van der Waals surface area contributed by atoms with E-state index < -0.39 is 0 Å². The Bertz CT molecular complexity index is 1030. The number of carbonyl (C=O) groups is 1. The zero-order valence-corrected chi connectivity index (χ0v) is 17.3. The first-order valence-electron chi connectivity index (χ1n) is 9.56. The Morgan fingerprint density at radius 3 is 2.80 bits per heavy atom. The van der Waals surface area contributed by atoms with Crippen molar-refractivity contribution in [2.75, 3.05) is 13.7 Å². The van der Waals surface area contributed by atoms with E-state index in [-0.39, 0.29) is 17.8 Å². The van der Waals surface area contributed by atoms with E-state index in [0.717, 1.165) is 22.6 Å². The Morgan fingerprint density at radius 2 is 2.07 bits per heavy atom. The molecule has 0 fully saturated rings. The molecule has 2 heterocycles. The van der Waals surface area contributed by atoms with Crippen molar-refractivity contribution >= 4 is 23.0 Å². The van der Waals surface area contributed by atoms with E-state index in [1.54, 1.807) is 24.1 Å². The van der Waals surface area contributed by atoms with Crippen molar-refractivity contribution in [2.24, 2.45) is 5.16 Å². The highest BCUT2D eigenvalue weighted by atomic mass is 32.1. The van der Waals surface area contributed by atoms with Crippen LogP contribution in [0, 0.1) is 5.82 Å². The second-order valence-corrected chi connectivity index (χ2v) is 7.94. The summed E-state index contributed by atoms with van der Waals surface area (Å²) in [7, 11) is 1.62. The number of nitrogens with zero attached hydrogens (tertiary/aromatic N) is 2. The zero-order chi connectivity index (χ0) is 20.9. The lowest BCUT2D eigenvalue weighted by Crippen LogP contribution is -2.37. The smallest absolute Gasteiger partial charge is 0.264 e. The molecular formula is C23H21FN2O3S. The molecule has 5 nitrogen and oxygen atoms in total. The summed E-state index contributed by atoms with van der Waals surface area (Å²) in [5.74, 6) is 0.405. The second kappa shape index (κ2) is 9.09. The van der Waals surface area contributed by atoms with Gasteiger partial charge in [-0.3, -0.25) is 4.79 Å². The van der Waals surface area contributed by atoms with Crippen LogP contribution < -0.4 is 4.74 Å². The van der Waals surface area contributed by atoms with Crippen molar-refractivity contribution in [3.63, 3.8) is 0 Å². The maximum atomic E-state index is 13.2. The van der Waals surface area contributed by atoms with Crippen molar-refractivity contribution in [3.8, 4) is 5.75 Å². The summed E-state index contributed by atoms with van der Waals surface area (Å²) in [6.45, 7) is 0.821. The summed E-state index contributed by atoms with van der Waals surface area (Å²) in [5, 5.41) is 6.05. The molecule has 1 aliphatic heterocycles. The fourth-order valence-electron chi connectivity index (χ4n) is 3.35. The third-order valence-electron chi connectivity index (χ3n) is 4.86.